The van der Waals surface area contributed by atoms with Gasteiger partial charge in [0.2, 0.25) is 10.0 Å². The van der Waals surface area contributed by atoms with Gasteiger partial charge >= 0.3 is 0 Å². The number of likely N-dealkylation sites (tertiary alicyclic amines) is 1. The first-order valence-corrected chi connectivity index (χ1v) is 11.7. The zero-order chi connectivity index (χ0) is 21.6. The number of rotatable bonds is 7. The number of benzene rings is 2. The lowest BCUT2D eigenvalue weighted by atomic mass is 9.98. The summed E-state index contributed by atoms with van der Waals surface area (Å²) >= 11 is 0. The Morgan fingerprint density at radius 2 is 1.77 bits per heavy atom. The molecule has 0 saturated carbocycles. The predicted molar refractivity (Wildman–Crippen MR) is 136 cm³/mol. The maximum Gasteiger partial charge on any atom is 0.215 e. The molecule has 1 saturated heterocycles. The third kappa shape index (κ3) is 7.08. The maximum absolute atomic E-state index is 11.7. The molecule has 1 unspecified atom stereocenters. The van der Waals surface area contributed by atoms with Crippen LogP contribution in [0, 0.1) is 0 Å². The fourth-order valence-corrected chi connectivity index (χ4v) is 4.43. The van der Waals surface area contributed by atoms with Gasteiger partial charge in [0.1, 0.15) is 5.75 Å². The van der Waals surface area contributed by atoms with Crippen molar-refractivity contribution in [2.75, 3.05) is 34.3 Å². The van der Waals surface area contributed by atoms with Crippen molar-refractivity contribution in [3.05, 3.63) is 65.2 Å². The van der Waals surface area contributed by atoms with Crippen LogP contribution in [0.25, 0.3) is 0 Å². The minimum absolute atomic E-state index is 0. The van der Waals surface area contributed by atoms with Gasteiger partial charge in [-0.1, -0.05) is 36.4 Å². The van der Waals surface area contributed by atoms with E-state index in [1.807, 2.05) is 36.4 Å². The number of methoxy groups -OCH3 is 1. The van der Waals surface area contributed by atoms with Crippen LogP contribution in [0.2, 0.25) is 0 Å². The monoisotopic (exact) mass is 558 g/mol. The van der Waals surface area contributed by atoms with Crippen LogP contribution in [0.1, 0.15) is 29.0 Å². The predicted octanol–water partition coefficient (Wildman–Crippen LogP) is 2.93. The largest absolute Gasteiger partial charge is 0.497 e. The molecular weight excluding hydrogens is 527 g/mol. The standard InChI is InChI=1S/C22H30N4O3S.HI/c1-23-22(25-14-17-4-6-18(7-5-17)16-30(27,28)24-2)26-13-12-20(15-26)19-8-10-21(29-3)11-9-19;/h4-11,20,24H,12-16H2,1-3H3,(H,23,25);1H. The molecule has 1 heterocycles. The van der Waals surface area contributed by atoms with E-state index in [0.717, 1.165) is 42.3 Å². The molecule has 0 radical (unpaired) electrons. The van der Waals surface area contributed by atoms with E-state index in [1.54, 1.807) is 14.2 Å². The summed E-state index contributed by atoms with van der Waals surface area (Å²) in [6.45, 7) is 2.51. The van der Waals surface area contributed by atoms with Crippen molar-refractivity contribution in [2.45, 2.75) is 24.6 Å². The molecular formula is C22H31IN4O3S. The molecule has 3 rings (SSSR count). The molecule has 2 aromatic rings. The number of sulfonamides is 1. The second-order valence-electron chi connectivity index (χ2n) is 7.39. The second-order valence-corrected chi connectivity index (χ2v) is 9.31. The molecule has 0 bridgehead atoms. The van der Waals surface area contributed by atoms with Crippen LogP contribution < -0.4 is 14.8 Å². The summed E-state index contributed by atoms with van der Waals surface area (Å²) in [5.41, 5.74) is 3.16. The van der Waals surface area contributed by atoms with Crippen molar-refractivity contribution in [3.63, 3.8) is 0 Å². The SMILES string of the molecule is CN=C(NCc1ccc(CS(=O)(=O)NC)cc1)N1CCC(c2ccc(OC)cc2)C1.I. The first kappa shape index (κ1) is 25.4. The molecule has 170 valence electrons. The van der Waals surface area contributed by atoms with E-state index in [9.17, 15) is 8.42 Å². The van der Waals surface area contributed by atoms with Crippen molar-refractivity contribution < 1.29 is 13.2 Å². The van der Waals surface area contributed by atoms with Gasteiger partial charge < -0.3 is 15.0 Å². The average Bonchev–Trinajstić information content (AvgIpc) is 3.25. The number of ether oxygens (including phenoxy) is 1. The lowest BCUT2D eigenvalue weighted by Gasteiger charge is -2.22. The van der Waals surface area contributed by atoms with E-state index in [1.165, 1.54) is 12.6 Å². The molecule has 7 nitrogen and oxygen atoms in total. The van der Waals surface area contributed by atoms with Crippen LogP contribution in [-0.2, 0) is 22.3 Å². The zero-order valence-electron chi connectivity index (χ0n) is 18.2. The fraction of sp³-hybridized carbons (Fsp3) is 0.409. The third-order valence-electron chi connectivity index (χ3n) is 5.43. The Hall–Kier alpha value is -1.85. The minimum Gasteiger partial charge on any atom is -0.497 e. The van der Waals surface area contributed by atoms with Gasteiger partial charge in [-0.05, 0) is 42.3 Å². The lowest BCUT2D eigenvalue weighted by molar-refractivity contribution is 0.414. The minimum atomic E-state index is -3.26. The molecule has 0 amide bonds. The van der Waals surface area contributed by atoms with Crippen LogP contribution in [0.15, 0.2) is 53.5 Å². The van der Waals surface area contributed by atoms with Crippen LogP contribution in [0.4, 0.5) is 0 Å². The Morgan fingerprint density at radius 3 is 2.35 bits per heavy atom. The van der Waals surface area contributed by atoms with Gasteiger partial charge in [0.15, 0.2) is 5.96 Å². The third-order valence-corrected chi connectivity index (χ3v) is 6.76. The molecule has 1 fully saturated rings. The van der Waals surface area contributed by atoms with E-state index in [4.69, 9.17) is 4.74 Å². The van der Waals surface area contributed by atoms with Gasteiger partial charge in [0.05, 0.1) is 12.9 Å². The van der Waals surface area contributed by atoms with Crippen LogP contribution in [-0.4, -0.2) is 53.6 Å². The molecule has 2 aromatic carbocycles. The summed E-state index contributed by atoms with van der Waals surface area (Å²) in [7, 11) is 1.65. The number of halogens is 1. The lowest BCUT2D eigenvalue weighted by Crippen LogP contribution is -2.39. The molecule has 0 aromatic heterocycles. The van der Waals surface area contributed by atoms with Gasteiger partial charge in [-0.3, -0.25) is 4.99 Å². The highest BCUT2D eigenvalue weighted by atomic mass is 127. The first-order chi connectivity index (χ1) is 14.4. The van der Waals surface area contributed by atoms with E-state index in [2.05, 4.69) is 32.1 Å². The van der Waals surface area contributed by atoms with E-state index in [0.29, 0.717) is 12.5 Å². The zero-order valence-corrected chi connectivity index (χ0v) is 21.3. The van der Waals surface area contributed by atoms with Gasteiger partial charge in [-0.25, -0.2) is 13.1 Å². The van der Waals surface area contributed by atoms with E-state index < -0.39 is 10.0 Å². The molecule has 1 aliphatic rings. The van der Waals surface area contributed by atoms with Crippen LogP contribution in [0.5, 0.6) is 5.75 Å². The van der Waals surface area contributed by atoms with Gasteiger partial charge in [0.25, 0.3) is 0 Å². The highest BCUT2D eigenvalue weighted by molar-refractivity contribution is 14.0. The molecule has 0 spiro atoms. The summed E-state index contributed by atoms with van der Waals surface area (Å²) in [5.74, 6) is 2.22. The highest BCUT2D eigenvalue weighted by Gasteiger charge is 2.26. The van der Waals surface area contributed by atoms with Crippen molar-refractivity contribution in [1.82, 2.24) is 14.9 Å². The number of hydrogen-bond donors (Lipinski definition) is 2. The Bertz CT molecular complexity index is 963. The van der Waals surface area contributed by atoms with Crippen LogP contribution in [0.3, 0.4) is 0 Å². The summed E-state index contributed by atoms with van der Waals surface area (Å²) in [5, 5.41) is 3.42. The number of aliphatic imine (C=N–C) groups is 1. The molecule has 0 aliphatic carbocycles. The second kappa shape index (κ2) is 11.7. The topological polar surface area (TPSA) is 83.0 Å². The van der Waals surface area contributed by atoms with Crippen LogP contribution >= 0.6 is 24.0 Å². The Kier molecular flexibility index (Phi) is 9.57. The summed E-state index contributed by atoms with van der Waals surface area (Å²) in [4.78, 5) is 6.72. The normalized spacial score (nSPS) is 16.7. The number of nitrogens with zero attached hydrogens (tertiary/aromatic N) is 2. The number of hydrogen-bond acceptors (Lipinski definition) is 4. The summed E-state index contributed by atoms with van der Waals surface area (Å²) in [6, 6.07) is 15.9. The molecule has 2 N–H and O–H groups in total. The maximum atomic E-state index is 11.7. The summed E-state index contributed by atoms with van der Waals surface area (Å²) < 4.78 is 30.9. The van der Waals surface area contributed by atoms with Crippen molar-refractivity contribution >= 4 is 40.0 Å². The number of guanidine groups is 1. The Balaban J connectivity index is 0.00000341. The van der Waals surface area contributed by atoms with Crippen molar-refractivity contribution in [2.24, 2.45) is 4.99 Å². The van der Waals surface area contributed by atoms with E-state index >= 15 is 0 Å². The molecule has 1 aliphatic heterocycles. The molecule has 31 heavy (non-hydrogen) atoms. The van der Waals surface area contributed by atoms with Gasteiger partial charge in [-0.2, -0.15) is 0 Å². The van der Waals surface area contributed by atoms with Gasteiger partial charge in [-0.15, -0.1) is 24.0 Å². The van der Waals surface area contributed by atoms with Crippen molar-refractivity contribution in [1.29, 1.82) is 0 Å². The molecule has 9 heteroatoms. The van der Waals surface area contributed by atoms with E-state index in [-0.39, 0.29) is 29.7 Å². The highest BCUT2D eigenvalue weighted by Crippen LogP contribution is 2.28. The fourth-order valence-electron chi connectivity index (χ4n) is 3.66. The average molecular weight is 558 g/mol. The Morgan fingerprint density at radius 1 is 1.13 bits per heavy atom. The Labute approximate surface area is 202 Å². The van der Waals surface area contributed by atoms with Gasteiger partial charge in [0, 0.05) is 32.6 Å². The molecule has 1 atom stereocenters. The first-order valence-electron chi connectivity index (χ1n) is 10.0. The van der Waals surface area contributed by atoms with Crippen molar-refractivity contribution in [3.8, 4) is 5.75 Å². The number of nitrogens with one attached hydrogen (secondary N) is 2. The summed E-state index contributed by atoms with van der Waals surface area (Å²) in [6.07, 6.45) is 1.08. The smallest absolute Gasteiger partial charge is 0.215 e. The quantitative estimate of drug-likeness (QED) is 0.310.